The molecule has 0 bridgehead atoms. The molecule has 0 unspecified atom stereocenters. The van der Waals surface area contributed by atoms with Crippen LogP contribution in [-0.4, -0.2) is 47.8 Å². The number of likely N-dealkylation sites (tertiary alicyclic amines) is 1. The van der Waals surface area contributed by atoms with Crippen LogP contribution < -0.4 is 5.32 Å². The topological polar surface area (TPSA) is 35.5 Å². The molecule has 0 atom stereocenters. The van der Waals surface area contributed by atoms with Crippen molar-refractivity contribution in [2.45, 2.75) is 77.9 Å². The average molecular weight is 296 g/mol. The van der Waals surface area contributed by atoms with Gasteiger partial charge in [0.15, 0.2) is 0 Å². The van der Waals surface area contributed by atoms with Gasteiger partial charge in [-0.1, -0.05) is 19.8 Å². The third-order valence-corrected chi connectivity index (χ3v) is 5.44. The summed E-state index contributed by atoms with van der Waals surface area (Å²) in [7, 11) is 0. The first-order valence-corrected chi connectivity index (χ1v) is 8.93. The second kappa shape index (κ2) is 6.97. The summed E-state index contributed by atoms with van der Waals surface area (Å²) < 4.78 is 0. The molecule has 1 aliphatic heterocycles. The van der Waals surface area contributed by atoms with Gasteiger partial charge in [0, 0.05) is 31.7 Å². The molecule has 1 aliphatic carbocycles. The summed E-state index contributed by atoms with van der Waals surface area (Å²) in [5.74, 6) is 0.899. The van der Waals surface area contributed by atoms with Crippen LogP contribution in [0.3, 0.4) is 0 Å². The molecule has 0 spiro atoms. The van der Waals surface area contributed by atoms with E-state index in [-0.39, 0.29) is 11.6 Å². The first-order valence-electron chi connectivity index (χ1n) is 8.93. The number of rotatable bonds is 4. The first-order chi connectivity index (χ1) is 9.78. The molecule has 2 rings (SSSR count). The van der Waals surface area contributed by atoms with Crippen molar-refractivity contribution in [1.29, 1.82) is 0 Å². The van der Waals surface area contributed by atoms with Gasteiger partial charge in [0.25, 0.3) is 0 Å². The third-order valence-electron chi connectivity index (χ3n) is 5.44. The van der Waals surface area contributed by atoms with E-state index in [0.717, 1.165) is 38.4 Å². The van der Waals surface area contributed by atoms with E-state index in [9.17, 15) is 5.11 Å². The lowest BCUT2D eigenvalue weighted by Crippen LogP contribution is -2.51. The van der Waals surface area contributed by atoms with Crippen molar-refractivity contribution < 1.29 is 5.11 Å². The van der Waals surface area contributed by atoms with E-state index in [4.69, 9.17) is 0 Å². The largest absolute Gasteiger partial charge is 0.393 e. The van der Waals surface area contributed by atoms with Crippen molar-refractivity contribution in [2.75, 3.05) is 26.2 Å². The molecule has 0 aromatic rings. The number of nitrogens with zero attached hydrogens (tertiary/aromatic N) is 1. The number of hydrogen-bond donors (Lipinski definition) is 2. The predicted molar refractivity (Wildman–Crippen MR) is 89.5 cm³/mol. The van der Waals surface area contributed by atoms with Crippen molar-refractivity contribution in [1.82, 2.24) is 10.2 Å². The highest BCUT2D eigenvalue weighted by Gasteiger charge is 2.37. The van der Waals surface area contributed by atoms with Gasteiger partial charge < -0.3 is 15.3 Å². The monoisotopic (exact) mass is 296 g/mol. The van der Waals surface area contributed by atoms with E-state index in [2.05, 4.69) is 37.9 Å². The van der Waals surface area contributed by atoms with Crippen molar-refractivity contribution in [3.8, 4) is 0 Å². The summed E-state index contributed by atoms with van der Waals surface area (Å²) in [6.45, 7) is 13.7. The summed E-state index contributed by atoms with van der Waals surface area (Å²) in [4.78, 5) is 2.60. The van der Waals surface area contributed by atoms with Gasteiger partial charge in [-0.3, -0.25) is 0 Å². The zero-order valence-electron chi connectivity index (χ0n) is 14.6. The summed E-state index contributed by atoms with van der Waals surface area (Å²) in [6.07, 6.45) is 7.33. The molecule has 3 nitrogen and oxygen atoms in total. The molecule has 2 fully saturated rings. The Morgan fingerprint density at radius 2 is 1.67 bits per heavy atom. The van der Waals surface area contributed by atoms with Crippen LogP contribution in [0.4, 0.5) is 0 Å². The van der Waals surface area contributed by atoms with Crippen LogP contribution >= 0.6 is 0 Å². The Kier molecular flexibility index (Phi) is 5.72. The lowest BCUT2D eigenvalue weighted by atomic mass is 9.70. The minimum atomic E-state index is -0.0590. The first kappa shape index (κ1) is 17.2. The fourth-order valence-corrected chi connectivity index (χ4v) is 3.77. The lowest BCUT2D eigenvalue weighted by Gasteiger charge is -2.45. The fourth-order valence-electron chi connectivity index (χ4n) is 3.77. The van der Waals surface area contributed by atoms with Crippen molar-refractivity contribution in [3.05, 3.63) is 0 Å². The van der Waals surface area contributed by atoms with Gasteiger partial charge in [0.05, 0.1) is 6.10 Å². The molecular weight excluding hydrogens is 260 g/mol. The molecule has 0 amide bonds. The summed E-state index contributed by atoms with van der Waals surface area (Å²) in [5, 5.41) is 13.5. The van der Waals surface area contributed by atoms with E-state index in [0.29, 0.717) is 5.41 Å². The van der Waals surface area contributed by atoms with Crippen LogP contribution in [0.5, 0.6) is 0 Å². The lowest BCUT2D eigenvalue weighted by molar-refractivity contribution is 0.0345. The summed E-state index contributed by atoms with van der Waals surface area (Å²) in [6, 6.07) is 0. The number of aliphatic hydroxyl groups is 1. The maximum absolute atomic E-state index is 9.70. The van der Waals surface area contributed by atoms with E-state index < -0.39 is 0 Å². The van der Waals surface area contributed by atoms with Crippen LogP contribution in [0.15, 0.2) is 0 Å². The van der Waals surface area contributed by atoms with Crippen molar-refractivity contribution >= 4 is 0 Å². The molecule has 1 heterocycles. The van der Waals surface area contributed by atoms with E-state index in [1.54, 1.807) is 0 Å². The second-order valence-electron chi connectivity index (χ2n) is 8.79. The molecule has 124 valence electrons. The van der Waals surface area contributed by atoms with Crippen LogP contribution in [0.1, 0.15) is 66.2 Å². The molecule has 1 saturated heterocycles. The van der Waals surface area contributed by atoms with Gasteiger partial charge in [0.1, 0.15) is 0 Å². The van der Waals surface area contributed by atoms with Gasteiger partial charge in [0.2, 0.25) is 0 Å². The number of aliphatic hydroxyl groups excluding tert-OH is 1. The smallest absolute Gasteiger partial charge is 0.0564 e. The molecule has 0 radical (unpaired) electrons. The summed E-state index contributed by atoms with van der Waals surface area (Å²) in [5.41, 5.74) is 0.649. The Morgan fingerprint density at radius 3 is 2.19 bits per heavy atom. The highest BCUT2D eigenvalue weighted by molar-refractivity contribution is 4.92. The number of piperidine rings is 1. The van der Waals surface area contributed by atoms with Crippen molar-refractivity contribution in [3.63, 3.8) is 0 Å². The molecule has 3 heteroatoms. The third kappa shape index (κ3) is 5.54. The maximum Gasteiger partial charge on any atom is 0.0564 e. The molecule has 2 aliphatic rings. The SMILES string of the molecule is CC1CCC(CNC(C)(C)C)(CN2CCC(O)CC2)CC1. The molecule has 0 aromatic heterocycles. The zero-order chi connectivity index (χ0) is 15.5. The molecule has 0 aromatic carbocycles. The van der Waals surface area contributed by atoms with Crippen LogP contribution in [-0.2, 0) is 0 Å². The van der Waals surface area contributed by atoms with Gasteiger partial charge in [-0.05, 0) is 57.8 Å². The highest BCUT2D eigenvalue weighted by atomic mass is 16.3. The Labute approximate surface area is 131 Å². The van der Waals surface area contributed by atoms with Crippen molar-refractivity contribution in [2.24, 2.45) is 11.3 Å². The average Bonchev–Trinajstić information content (AvgIpc) is 2.42. The Balaban J connectivity index is 1.95. The maximum atomic E-state index is 9.70. The van der Waals surface area contributed by atoms with Gasteiger partial charge >= 0.3 is 0 Å². The number of hydrogen-bond acceptors (Lipinski definition) is 3. The highest BCUT2D eigenvalue weighted by Crippen LogP contribution is 2.40. The van der Waals surface area contributed by atoms with Gasteiger partial charge in [-0.2, -0.15) is 0 Å². The van der Waals surface area contributed by atoms with Crippen LogP contribution in [0.25, 0.3) is 0 Å². The van der Waals surface area contributed by atoms with E-state index in [1.807, 2.05) is 0 Å². The summed E-state index contributed by atoms with van der Waals surface area (Å²) >= 11 is 0. The standard InChI is InChI=1S/C18H36N2O/c1-15-5-9-18(10-6-15,13-19-17(2,3)4)14-20-11-7-16(21)8-12-20/h15-16,19,21H,5-14H2,1-4H3. The van der Waals surface area contributed by atoms with Gasteiger partial charge in [-0.25, -0.2) is 0 Å². The minimum absolute atomic E-state index is 0.0590. The molecule has 21 heavy (non-hydrogen) atoms. The predicted octanol–water partition coefficient (Wildman–Crippen LogP) is 3.03. The Hall–Kier alpha value is -0.120. The van der Waals surface area contributed by atoms with Gasteiger partial charge in [-0.15, -0.1) is 0 Å². The second-order valence-corrected chi connectivity index (χ2v) is 8.79. The molecule has 1 saturated carbocycles. The van der Waals surface area contributed by atoms with E-state index in [1.165, 1.54) is 32.2 Å². The quantitative estimate of drug-likeness (QED) is 0.837. The number of nitrogens with one attached hydrogen (secondary N) is 1. The molecular formula is C18H36N2O. The fraction of sp³-hybridized carbons (Fsp3) is 1.00. The van der Waals surface area contributed by atoms with E-state index >= 15 is 0 Å². The van der Waals surface area contributed by atoms with Crippen LogP contribution in [0, 0.1) is 11.3 Å². The Morgan fingerprint density at radius 1 is 1.10 bits per heavy atom. The minimum Gasteiger partial charge on any atom is -0.393 e. The van der Waals surface area contributed by atoms with Crippen LogP contribution in [0.2, 0.25) is 0 Å². The normalized spacial score (nSPS) is 33.3. The zero-order valence-corrected chi connectivity index (χ0v) is 14.6. The Bertz CT molecular complexity index is 308. The molecule has 2 N–H and O–H groups in total.